The largest absolute Gasteiger partial charge is 0 e. The first-order valence-corrected chi connectivity index (χ1v) is 53.0. The monoisotopic (exact) mass is 1820 g/mol. The van der Waals surface area contributed by atoms with Gasteiger partial charge in [-0.1, -0.05) is 200 Å². The van der Waals surface area contributed by atoms with E-state index < -0.39 is 15.2 Å². The van der Waals surface area contributed by atoms with Crippen LogP contribution in [0.3, 0.4) is 0 Å². The summed E-state index contributed by atoms with van der Waals surface area (Å²) in [6.45, 7) is 54.8. The van der Waals surface area contributed by atoms with Crippen LogP contribution in [0.4, 0.5) is 0 Å². The normalized spacial score (nSPS) is 12.9. The Morgan fingerprint density at radius 1 is 0.366 bits per heavy atom. The predicted molar refractivity (Wildman–Crippen MR) is 436 cm³/mol. The van der Waals surface area contributed by atoms with E-state index in [1.54, 1.807) is 0 Å². The third-order valence-corrected chi connectivity index (χ3v) is 19.4. The second-order valence-electron chi connectivity index (χ2n) is 35.3. The van der Waals surface area contributed by atoms with Gasteiger partial charge in [-0.2, -0.15) is 0 Å². The number of nitrogens with zero attached hydrogens (tertiary/aromatic N) is 2. The SMILES string of the molecule is Cc1cc(Cl)cc(-c2cc(C(C)(C)CC(C)(C)C)cc(-n3c4ccc(C(C)(C)C)cc4c4cc(C(C)(C)C)ccc43)c2O)c1OCCCOc1c(C)cc(Cl)cc1-c1cc(C(C)(C)CC(C)(C)C)cc(-n2c3ccc(C(C)(C)C)cc3c3cc(C(C)(C)C)ccc32)c1O.[CH3-].[CH3-].[Cl][Hf]([Cl])([Cl])[Cl].[Hf]. The Bertz CT molecular complexity index is 4240. The van der Waals surface area contributed by atoms with E-state index in [0.29, 0.717) is 74.8 Å². The van der Waals surface area contributed by atoms with Crippen LogP contribution in [-0.2, 0) is 73.6 Å². The molecule has 6 nitrogen and oxygen atoms in total. The topological polar surface area (TPSA) is 68.8 Å². The molecule has 2 N–H and O–H groups in total. The molecule has 0 spiro atoms. The quantitative estimate of drug-likeness (QED) is 0.0647. The summed E-state index contributed by atoms with van der Waals surface area (Å²) in [5, 5.41) is 32.1. The molecule has 0 aliphatic carbocycles. The molecule has 0 saturated heterocycles. The summed E-state index contributed by atoms with van der Waals surface area (Å²) in [7, 11) is 20.2. The van der Waals surface area contributed by atoms with E-state index in [0.717, 1.165) is 78.7 Å². The van der Waals surface area contributed by atoms with Gasteiger partial charge < -0.3 is 43.7 Å². The van der Waals surface area contributed by atoms with Crippen molar-refractivity contribution < 1.29 is 60.8 Å². The molecule has 10 rings (SSSR count). The Hall–Kier alpha value is -3.96. The second-order valence-corrected chi connectivity index (χ2v) is 67.3. The fourth-order valence-corrected chi connectivity index (χ4v) is 15.3. The van der Waals surface area contributed by atoms with Gasteiger partial charge in [-0.05, 0) is 212 Å². The first kappa shape index (κ1) is 86.0. The van der Waals surface area contributed by atoms with Gasteiger partial charge in [0.25, 0.3) is 0 Å². The number of phenols is 2. The smallest absolute Gasteiger partial charge is 0 e. The molecule has 2 heterocycles. The molecule has 0 aliphatic heterocycles. The number of hydrogen-bond donors (Lipinski definition) is 2. The molecule has 14 heteroatoms. The summed E-state index contributed by atoms with van der Waals surface area (Å²) in [6.07, 6.45) is 2.30. The molecule has 0 fully saturated rings. The van der Waals surface area contributed by atoms with E-state index in [1.807, 2.05) is 38.1 Å². The van der Waals surface area contributed by atoms with Crippen molar-refractivity contribution in [1.82, 2.24) is 9.13 Å². The molecule has 544 valence electrons. The molecule has 2 aromatic heterocycles. The van der Waals surface area contributed by atoms with Crippen molar-refractivity contribution in [3.63, 3.8) is 0 Å². The van der Waals surface area contributed by atoms with E-state index in [4.69, 9.17) is 67.0 Å². The maximum Gasteiger partial charge on any atom is 0 e. The first-order chi connectivity index (χ1) is 44.8. The second kappa shape index (κ2) is 31.1. The molecule has 0 unspecified atom stereocenters. The molecule has 0 amide bonds. The predicted octanol–water partition coefficient (Wildman–Crippen LogP) is 28.7. The number of halogens is 6. The Labute approximate surface area is 653 Å². The summed E-state index contributed by atoms with van der Waals surface area (Å²) in [4.78, 5) is 0. The maximum atomic E-state index is 13.2. The number of rotatable bonds is 14. The zero-order valence-electron chi connectivity index (χ0n) is 65.0. The van der Waals surface area contributed by atoms with Crippen molar-refractivity contribution in [1.29, 1.82) is 0 Å². The van der Waals surface area contributed by atoms with Crippen molar-refractivity contribution in [2.75, 3.05) is 13.2 Å². The number of aromatic hydroxyl groups is 2. The van der Waals surface area contributed by atoms with Gasteiger partial charge in [-0.25, -0.2) is 0 Å². The third kappa shape index (κ3) is 19.6. The van der Waals surface area contributed by atoms with Gasteiger partial charge in [0.15, 0.2) is 0 Å². The van der Waals surface area contributed by atoms with Crippen LogP contribution in [0.1, 0.15) is 216 Å². The van der Waals surface area contributed by atoms with Crippen LogP contribution in [0.25, 0.3) is 77.2 Å². The average molecular weight is 1820 g/mol. The summed E-state index contributed by atoms with van der Waals surface area (Å²) in [6, 6.07) is 43.7. The minimum absolute atomic E-state index is 0. The fourth-order valence-electron chi connectivity index (χ4n) is 14.7. The van der Waals surface area contributed by atoms with Gasteiger partial charge >= 0.3 is 49.5 Å². The maximum absolute atomic E-state index is 13.2. The third-order valence-electron chi connectivity index (χ3n) is 19.0. The van der Waals surface area contributed by atoms with Crippen LogP contribution in [0, 0.1) is 39.5 Å². The molecule has 8 aromatic carbocycles. The molecule has 0 radical (unpaired) electrons. The molecule has 101 heavy (non-hydrogen) atoms. The molecule has 0 atom stereocenters. The van der Waals surface area contributed by atoms with E-state index in [9.17, 15) is 10.2 Å². The van der Waals surface area contributed by atoms with Gasteiger partial charge in [0.05, 0.1) is 46.7 Å². The number of hydrogen-bond acceptors (Lipinski definition) is 4. The summed E-state index contributed by atoms with van der Waals surface area (Å²) in [5.41, 5.74) is 16.2. The Morgan fingerprint density at radius 2 is 0.624 bits per heavy atom. The molecule has 0 aliphatic rings. The summed E-state index contributed by atoms with van der Waals surface area (Å²) < 4.78 is 18.5. The summed E-state index contributed by atoms with van der Waals surface area (Å²) in [5.74, 6) is 1.57. The number of benzene rings is 8. The van der Waals surface area contributed by atoms with Crippen molar-refractivity contribution in [2.45, 2.75) is 218 Å². The Morgan fingerprint density at radius 3 is 0.861 bits per heavy atom. The number of aryl methyl sites for hydroxylation is 2. The number of fused-ring (bicyclic) bond motifs is 6. The van der Waals surface area contributed by atoms with Crippen molar-refractivity contribution in [3.8, 4) is 56.6 Å². The van der Waals surface area contributed by atoms with Crippen LogP contribution in [-0.4, -0.2) is 32.6 Å². The molecular weight excluding hydrogens is 1710 g/mol. The van der Waals surface area contributed by atoms with Gasteiger partial charge in [0.1, 0.15) is 23.0 Å². The number of ether oxygens (including phenoxy) is 2. The van der Waals surface area contributed by atoms with Gasteiger partial charge in [0.2, 0.25) is 0 Å². The average Bonchev–Trinajstić information content (AvgIpc) is 1.61. The zero-order valence-corrected chi connectivity index (χ0v) is 76.7. The molecular formula is C87H110Cl6Hf2N2O4-2. The van der Waals surface area contributed by atoms with Crippen molar-refractivity contribution in [2.24, 2.45) is 10.8 Å². The molecule has 10 aromatic rings. The van der Waals surface area contributed by atoms with E-state index >= 15 is 0 Å². The Balaban J connectivity index is 0.00000194. The van der Waals surface area contributed by atoms with Crippen LogP contribution < -0.4 is 9.47 Å². The van der Waals surface area contributed by atoms with Crippen molar-refractivity contribution in [3.05, 3.63) is 191 Å². The standard InChI is InChI=1S/C85H104Cl2N2O4.2CH3.4ClH.2Hf/c1-50-36-58(86)46-66(64-42-56(84(21,22)48-78(3,4)5)44-72(74(64)90)88-68-30-26-52(80(9,10)11)38-60(68)61-39-53(81(12,13)14)27-31-69(61)88)76(50)92-34-25-35-93-77-51(2)37-59(87)47-67(77)65-43-57(85(23,24)49-79(6,7)8)45-73(75(65)91)89-70-32-28-54(82(15,16)17)40-62(70)63-41-55(83(18,19)20)29-33-71(63)89;;;;;;;;/h26-33,36-47,90-91H,25,34-35,48-49H2,1-24H3;2*1H3;4*1H;;/q;2*-1;;;;;;+4/p-4. The first-order valence-electron chi connectivity index (χ1n) is 34.4. The van der Waals surface area contributed by atoms with Crippen LogP contribution in [0.2, 0.25) is 10.0 Å². The van der Waals surface area contributed by atoms with Crippen molar-refractivity contribution >= 4 is 101 Å². The van der Waals surface area contributed by atoms with Gasteiger partial charge in [-0.3, -0.25) is 0 Å². The number of aromatic nitrogens is 2. The fraction of sp³-hybridized carbons (Fsp3) is 0.425. The van der Waals surface area contributed by atoms with Crippen LogP contribution in [0.15, 0.2) is 121 Å². The van der Waals surface area contributed by atoms with E-state index in [1.165, 1.54) is 22.3 Å². The molecule has 0 saturated carbocycles. The minimum atomic E-state index is -3.39. The van der Waals surface area contributed by atoms with Crippen LogP contribution in [0.5, 0.6) is 23.0 Å². The summed E-state index contributed by atoms with van der Waals surface area (Å²) >= 11 is 10.8. The van der Waals surface area contributed by atoms with Gasteiger partial charge in [-0.15, -0.1) is 0 Å². The molecule has 0 bridgehead atoms. The number of phenolic OH excluding ortho intramolecular Hbond substituents is 2. The van der Waals surface area contributed by atoms with Crippen LogP contribution >= 0.6 is 57.5 Å². The van der Waals surface area contributed by atoms with E-state index in [-0.39, 0.29) is 95.5 Å². The van der Waals surface area contributed by atoms with Gasteiger partial charge in [0, 0.05) is 86.1 Å². The minimum Gasteiger partial charge on any atom is 0 e. The van der Waals surface area contributed by atoms with E-state index in [2.05, 4.69) is 259 Å². The zero-order chi connectivity index (χ0) is 72.9. The Kier molecular flexibility index (Phi) is 26.5.